The van der Waals surface area contributed by atoms with Crippen LogP contribution in [-0.4, -0.2) is 79.1 Å². The molecule has 0 saturated carbocycles. The Kier molecular flexibility index (Phi) is 18.2. The summed E-state index contributed by atoms with van der Waals surface area (Å²) in [6.07, 6.45) is -0.825. The summed E-state index contributed by atoms with van der Waals surface area (Å²) in [6.45, 7) is 12.6. The third-order valence-corrected chi connectivity index (χ3v) is 12.5. The van der Waals surface area contributed by atoms with Crippen LogP contribution in [0.4, 0.5) is 0 Å². The number of nitrogens with two attached hydrogens (primary N) is 1. The molecule has 16 nitrogen and oxygen atoms in total. The highest BCUT2D eigenvalue weighted by atomic mass is 32.2. The molecule has 5 rings (SSSR count). The van der Waals surface area contributed by atoms with E-state index in [-0.39, 0.29) is 48.9 Å². The van der Waals surface area contributed by atoms with Crippen molar-refractivity contribution in [1.29, 1.82) is 0 Å². The maximum atomic E-state index is 13.9. The number of amides is 6. The van der Waals surface area contributed by atoms with E-state index in [2.05, 4.69) is 36.6 Å². The Labute approximate surface area is 404 Å². The van der Waals surface area contributed by atoms with Gasteiger partial charge in [-0.3, -0.25) is 28.8 Å². The Bertz CT molecular complexity index is 2760. The molecule has 0 unspecified atom stereocenters. The van der Waals surface area contributed by atoms with Crippen molar-refractivity contribution in [3.8, 4) is 0 Å². The molecular formula is C52H66N8O8S. The fourth-order valence-corrected chi connectivity index (χ4v) is 9.24. The van der Waals surface area contributed by atoms with E-state index in [1.807, 2.05) is 84.9 Å². The Morgan fingerprint density at radius 1 is 0.565 bits per heavy atom. The molecule has 0 aliphatic carbocycles. The minimum absolute atomic E-state index is 0.000602. The molecule has 4 atom stereocenters. The second kappa shape index (κ2) is 23.6. The van der Waals surface area contributed by atoms with Crippen LogP contribution in [0.25, 0.3) is 21.5 Å². The van der Waals surface area contributed by atoms with Crippen LogP contribution in [0.15, 0.2) is 114 Å². The lowest BCUT2D eigenvalue weighted by molar-refractivity contribution is -0.129. The number of fused-ring (bicyclic) bond motifs is 2. The summed E-state index contributed by atoms with van der Waals surface area (Å²) < 4.78 is 30.2. The molecule has 0 spiro atoms. The molecule has 0 aromatic heterocycles. The van der Waals surface area contributed by atoms with Gasteiger partial charge < -0.3 is 37.6 Å². The van der Waals surface area contributed by atoms with E-state index in [9.17, 15) is 37.2 Å². The quantitative estimate of drug-likeness (QED) is 0.0485. The minimum Gasteiger partial charge on any atom is -0.352 e. The van der Waals surface area contributed by atoms with Crippen molar-refractivity contribution in [2.24, 2.45) is 5.73 Å². The molecule has 0 saturated heterocycles. The number of carbonyl (C=O) groups excluding carboxylic acids is 6. The Morgan fingerprint density at radius 3 is 1.58 bits per heavy atom. The molecule has 0 fully saturated rings. The van der Waals surface area contributed by atoms with Gasteiger partial charge in [0, 0.05) is 49.1 Å². The van der Waals surface area contributed by atoms with Crippen molar-refractivity contribution in [3.63, 3.8) is 0 Å². The standard InChI is InChI=1S/C52H66N8O8S/c1-33(25-45(61)54-31-38-20-13-18-36-16-8-10-23-41(36)38)56-49(65)43(53)28-47(63)59-52(6,7)30-35-15-12-22-40(27-35)69(67,68)60-44(29-48(64)58-51(3,4)5)50(66)57-34(2)26-46(62)55-32-39-21-14-19-37-17-9-11-24-42(37)39/h8-24,27,33-34,43-44,60H,25-26,28-32,53H2,1-7H3,(H,54,61)(H,55,62)(H,56,65)(H,57,66)(H,58,64)(H,59,63)/t33-,34-,43-,44-/m0/s1. The first-order valence-corrected chi connectivity index (χ1v) is 24.5. The van der Waals surface area contributed by atoms with Crippen LogP contribution in [0.2, 0.25) is 0 Å². The summed E-state index contributed by atoms with van der Waals surface area (Å²) in [6, 6.07) is 29.3. The van der Waals surface area contributed by atoms with Gasteiger partial charge in [-0.2, -0.15) is 4.72 Å². The van der Waals surface area contributed by atoms with Gasteiger partial charge in [0.1, 0.15) is 6.04 Å². The molecule has 0 radical (unpaired) electrons. The maximum Gasteiger partial charge on any atom is 0.241 e. The van der Waals surface area contributed by atoms with E-state index in [0.717, 1.165) is 32.7 Å². The number of hydrogen-bond donors (Lipinski definition) is 8. The Hall–Kier alpha value is -6.69. The molecule has 5 aromatic rings. The van der Waals surface area contributed by atoms with Crippen molar-refractivity contribution in [2.75, 3.05) is 0 Å². The highest BCUT2D eigenvalue weighted by molar-refractivity contribution is 7.89. The second-order valence-corrected chi connectivity index (χ2v) is 21.0. The van der Waals surface area contributed by atoms with E-state index >= 15 is 0 Å². The van der Waals surface area contributed by atoms with Crippen LogP contribution < -0.4 is 42.4 Å². The molecule has 9 N–H and O–H groups in total. The first-order valence-electron chi connectivity index (χ1n) is 23.0. The van der Waals surface area contributed by atoms with Crippen LogP contribution in [-0.2, 0) is 58.3 Å². The van der Waals surface area contributed by atoms with Crippen molar-refractivity contribution in [1.82, 2.24) is 36.6 Å². The third-order valence-electron chi connectivity index (χ3n) is 11.1. The van der Waals surface area contributed by atoms with E-state index in [0.29, 0.717) is 12.1 Å². The molecule has 0 bridgehead atoms. The van der Waals surface area contributed by atoms with Crippen LogP contribution in [0.3, 0.4) is 0 Å². The van der Waals surface area contributed by atoms with Gasteiger partial charge in [0.05, 0.1) is 23.8 Å². The number of nitrogens with one attached hydrogen (secondary N) is 7. The zero-order valence-corrected chi connectivity index (χ0v) is 41.2. The molecule has 0 aliphatic rings. The van der Waals surface area contributed by atoms with Gasteiger partial charge in [0.25, 0.3) is 0 Å². The van der Waals surface area contributed by atoms with E-state index < -0.39 is 75.3 Å². The van der Waals surface area contributed by atoms with E-state index in [1.54, 1.807) is 54.5 Å². The summed E-state index contributed by atoms with van der Waals surface area (Å²) in [5, 5.41) is 21.0. The molecule has 69 heavy (non-hydrogen) atoms. The fourth-order valence-electron chi connectivity index (χ4n) is 7.97. The largest absolute Gasteiger partial charge is 0.352 e. The Morgan fingerprint density at radius 2 is 1.04 bits per heavy atom. The first-order chi connectivity index (χ1) is 32.5. The zero-order chi connectivity index (χ0) is 50.5. The second-order valence-electron chi connectivity index (χ2n) is 19.3. The van der Waals surface area contributed by atoms with Crippen molar-refractivity contribution < 1.29 is 37.2 Å². The van der Waals surface area contributed by atoms with Crippen LogP contribution in [0.1, 0.15) is 90.8 Å². The topological polar surface area (TPSA) is 247 Å². The first kappa shape index (κ1) is 53.3. The SMILES string of the molecule is C[C@@H](CC(=O)NCc1cccc2ccccc12)NC(=O)[C@H](CC(=O)NC(C)(C)C)NS(=O)(=O)c1cccc(CC(C)(C)NC(=O)C[C@H](N)C(=O)N[C@@H](C)CC(=O)NCc2cccc3ccccc23)c1. The summed E-state index contributed by atoms with van der Waals surface area (Å²) in [7, 11) is -4.42. The van der Waals surface area contributed by atoms with Gasteiger partial charge in [-0.25, -0.2) is 8.42 Å². The van der Waals surface area contributed by atoms with Crippen molar-refractivity contribution in [3.05, 3.63) is 126 Å². The number of rotatable bonds is 22. The van der Waals surface area contributed by atoms with Crippen molar-refractivity contribution >= 4 is 67.0 Å². The molecule has 0 heterocycles. The maximum absolute atomic E-state index is 13.9. The van der Waals surface area contributed by atoms with Gasteiger partial charge in [0.2, 0.25) is 45.5 Å². The molecule has 0 aliphatic heterocycles. The van der Waals surface area contributed by atoms with Gasteiger partial charge in [-0.1, -0.05) is 97.1 Å². The average molecular weight is 963 g/mol. The van der Waals surface area contributed by atoms with Gasteiger partial charge in [0.15, 0.2) is 0 Å². The number of hydrogen-bond acceptors (Lipinski definition) is 9. The van der Waals surface area contributed by atoms with Gasteiger partial charge in [-0.15, -0.1) is 0 Å². The Balaban J connectivity index is 1.13. The van der Waals surface area contributed by atoms with Gasteiger partial charge in [-0.05, 0) is 105 Å². The lowest BCUT2D eigenvalue weighted by Crippen LogP contribution is -2.52. The highest BCUT2D eigenvalue weighted by Gasteiger charge is 2.31. The van der Waals surface area contributed by atoms with Crippen LogP contribution in [0, 0.1) is 0 Å². The van der Waals surface area contributed by atoms with Gasteiger partial charge >= 0.3 is 0 Å². The monoisotopic (exact) mass is 962 g/mol. The molecule has 368 valence electrons. The smallest absolute Gasteiger partial charge is 0.241 e. The predicted molar refractivity (Wildman–Crippen MR) is 268 cm³/mol. The van der Waals surface area contributed by atoms with E-state index in [1.165, 1.54) is 18.2 Å². The summed E-state index contributed by atoms with van der Waals surface area (Å²) in [5.41, 5.74) is 6.93. The normalized spacial score (nSPS) is 13.6. The molecule has 6 amide bonds. The molecule has 17 heteroatoms. The minimum atomic E-state index is -4.42. The van der Waals surface area contributed by atoms with E-state index in [4.69, 9.17) is 5.73 Å². The number of carbonyl (C=O) groups is 6. The van der Waals surface area contributed by atoms with Crippen LogP contribution >= 0.6 is 0 Å². The fraction of sp³-hybridized carbons (Fsp3) is 0.385. The third kappa shape index (κ3) is 16.8. The number of benzene rings is 5. The lowest BCUT2D eigenvalue weighted by atomic mass is 9.94. The average Bonchev–Trinajstić information content (AvgIpc) is 3.26. The molecular weight excluding hydrogens is 897 g/mol. The summed E-state index contributed by atoms with van der Waals surface area (Å²) in [4.78, 5) is 78.4. The van der Waals surface area contributed by atoms with Crippen LogP contribution in [0.5, 0.6) is 0 Å². The highest BCUT2D eigenvalue weighted by Crippen LogP contribution is 2.21. The lowest BCUT2D eigenvalue weighted by Gasteiger charge is -2.27. The summed E-state index contributed by atoms with van der Waals surface area (Å²) in [5.74, 6) is -3.08. The van der Waals surface area contributed by atoms with Crippen molar-refractivity contribution in [2.45, 2.75) is 134 Å². The summed E-state index contributed by atoms with van der Waals surface area (Å²) >= 11 is 0. The zero-order valence-electron chi connectivity index (χ0n) is 40.4. The number of sulfonamides is 1. The predicted octanol–water partition coefficient (Wildman–Crippen LogP) is 4.52. The molecule has 5 aromatic carbocycles.